The lowest BCUT2D eigenvalue weighted by molar-refractivity contribution is -0.118. The van der Waals surface area contributed by atoms with E-state index in [0.29, 0.717) is 0 Å². The molecule has 0 bridgehead atoms. The first kappa shape index (κ1) is 13.2. The van der Waals surface area contributed by atoms with E-state index in [0.717, 1.165) is 35.5 Å². The summed E-state index contributed by atoms with van der Waals surface area (Å²) in [7, 11) is 0. The number of carbonyl (C=O) groups excluding carboxylic acids is 1. The van der Waals surface area contributed by atoms with Crippen LogP contribution in [0.25, 0.3) is 11.3 Å². The highest BCUT2D eigenvalue weighted by atomic mass is 32.2. The summed E-state index contributed by atoms with van der Waals surface area (Å²) in [5, 5.41) is 9.91. The number of anilines is 1. The van der Waals surface area contributed by atoms with E-state index in [4.69, 9.17) is 0 Å². The number of amides is 1. The molecule has 2 heterocycles. The number of hydrogen-bond donors (Lipinski definition) is 2. The van der Waals surface area contributed by atoms with Crippen LogP contribution >= 0.6 is 11.8 Å². The topological polar surface area (TPSA) is 57.8 Å². The largest absolute Gasteiger partial charge is 0.325 e. The number of carbonyl (C=O) groups is 1. The molecule has 1 saturated heterocycles. The van der Waals surface area contributed by atoms with Gasteiger partial charge in [0.25, 0.3) is 0 Å². The summed E-state index contributed by atoms with van der Waals surface area (Å²) in [4.78, 5) is 12.4. The minimum atomic E-state index is -0.288. The van der Waals surface area contributed by atoms with Crippen molar-refractivity contribution in [1.82, 2.24) is 10.2 Å². The second kappa shape index (κ2) is 5.32. The maximum absolute atomic E-state index is 12.4. The van der Waals surface area contributed by atoms with Crippen LogP contribution in [0.5, 0.6) is 0 Å². The first-order chi connectivity index (χ1) is 9.67. The molecule has 0 aliphatic carbocycles. The Balaban J connectivity index is 1.78. The van der Waals surface area contributed by atoms with Gasteiger partial charge in [-0.05, 0) is 43.7 Å². The van der Waals surface area contributed by atoms with Crippen LogP contribution in [-0.4, -0.2) is 26.6 Å². The number of aromatic amines is 1. The van der Waals surface area contributed by atoms with Crippen LogP contribution in [0.3, 0.4) is 0 Å². The number of nitrogens with one attached hydrogen (secondary N) is 2. The van der Waals surface area contributed by atoms with Gasteiger partial charge < -0.3 is 5.32 Å². The molecule has 1 aromatic carbocycles. The molecular weight excluding hydrogens is 270 g/mol. The Hall–Kier alpha value is -1.75. The zero-order valence-corrected chi connectivity index (χ0v) is 12.2. The third kappa shape index (κ3) is 2.58. The second-order valence-corrected chi connectivity index (χ2v) is 6.79. The summed E-state index contributed by atoms with van der Waals surface area (Å²) >= 11 is 1.75. The Morgan fingerprint density at radius 1 is 1.45 bits per heavy atom. The molecule has 1 aliphatic heterocycles. The van der Waals surface area contributed by atoms with E-state index < -0.39 is 0 Å². The van der Waals surface area contributed by atoms with Crippen molar-refractivity contribution in [3.05, 3.63) is 36.5 Å². The number of H-pyrrole nitrogens is 1. The fourth-order valence-corrected chi connectivity index (χ4v) is 3.61. The van der Waals surface area contributed by atoms with Crippen LogP contribution in [0.1, 0.15) is 19.8 Å². The molecule has 1 amide bonds. The number of hydrogen-bond acceptors (Lipinski definition) is 3. The van der Waals surface area contributed by atoms with E-state index in [1.54, 1.807) is 18.0 Å². The van der Waals surface area contributed by atoms with E-state index in [2.05, 4.69) is 15.5 Å². The van der Waals surface area contributed by atoms with Crippen molar-refractivity contribution in [2.24, 2.45) is 0 Å². The summed E-state index contributed by atoms with van der Waals surface area (Å²) in [5.74, 6) is 1.17. The van der Waals surface area contributed by atoms with E-state index >= 15 is 0 Å². The highest BCUT2D eigenvalue weighted by Crippen LogP contribution is 2.38. The fourth-order valence-electron chi connectivity index (χ4n) is 2.40. The maximum Gasteiger partial charge on any atom is 0.240 e. The number of aromatic nitrogens is 2. The fraction of sp³-hybridized carbons (Fsp3) is 0.333. The van der Waals surface area contributed by atoms with E-state index in [1.807, 2.05) is 37.3 Å². The van der Waals surface area contributed by atoms with Crippen LogP contribution < -0.4 is 5.32 Å². The quantitative estimate of drug-likeness (QED) is 0.910. The zero-order chi connectivity index (χ0) is 14.0. The highest BCUT2D eigenvalue weighted by molar-refractivity contribution is 8.01. The third-order valence-corrected chi connectivity index (χ3v) is 5.15. The minimum Gasteiger partial charge on any atom is -0.325 e. The van der Waals surface area contributed by atoms with E-state index in [1.165, 1.54) is 0 Å². The van der Waals surface area contributed by atoms with Crippen molar-refractivity contribution in [1.29, 1.82) is 0 Å². The van der Waals surface area contributed by atoms with Gasteiger partial charge in [-0.1, -0.05) is 12.1 Å². The van der Waals surface area contributed by atoms with Gasteiger partial charge in [0.15, 0.2) is 0 Å². The number of thioether (sulfide) groups is 1. The molecule has 1 aliphatic rings. The normalized spacial score (nSPS) is 21.9. The SMILES string of the molecule is CC1(C(=O)Nc2cccc(-c3ccn[nH]3)c2)CCCS1. The van der Waals surface area contributed by atoms with Gasteiger partial charge in [0.2, 0.25) is 5.91 Å². The van der Waals surface area contributed by atoms with Gasteiger partial charge in [-0.15, -0.1) is 11.8 Å². The van der Waals surface area contributed by atoms with Crippen molar-refractivity contribution in [2.75, 3.05) is 11.1 Å². The van der Waals surface area contributed by atoms with Gasteiger partial charge in [-0.25, -0.2) is 0 Å². The van der Waals surface area contributed by atoms with Crippen LogP contribution in [-0.2, 0) is 4.79 Å². The lowest BCUT2D eigenvalue weighted by atomic mass is 10.0. The van der Waals surface area contributed by atoms with Crippen molar-refractivity contribution >= 4 is 23.4 Å². The molecule has 4 nitrogen and oxygen atoms in total. The lowest BCUT2D eigenvalue weighted by Crippen LogP contribution is -2.34. The molecule has 20 heavy (non-hydrogen) atoms. The number of benzene rings is 1. The lowest BCUT2D eigenvalue weighted by Gasteiger charge is -2.21. The summed E-state index contributed by atoms with van der Waals surface area (Å²) in [6.07, 6.45) is 3.78. The standard InChI is InChI=1S/C15H17N3OS/c1-15(7-3-9-20-15)14(19)17-12-5-2-4-11(10-12)13-6-8-16-18-13/h2,4-6,8,10H,3,7,9H2,1H3,(H,16,18)(H,17,19). The molecular formula is C15H17N3OS. The summed E-state index contributed by atoms with van der Waals surface area (Å²) < 4.78 is -0.288. The van der Waals surface area contributed by atoms with E-state index in [-0.39, 0.29) is 10.7 Å². The van der Waals surface area contributed by atoms with Crippen LogP contribution in [0.4, 0.5) is 5.69 Å². The Morgan fingerprint density at radius 3 is 3.05 bits per heavy atom. The zero-order valence-electron chi connectivity index (χ0n) is 11.3. The van der Waals surface area contributed by atoms with Gasteiger partial charge >= 0.3 is 0 Å². The van der Waals surface area contributed by atoms with Crippen LogP contribution in [0.2, 0.25) is 0 Å². The number of rotatable bonds is 3. The van der Waals surface area contributed by atoms with Gasteiger partial charge in [-0.2, -0.15) is 5.10 Å². The molecule has 1 unspecified atom stereocenters. The smallest absolute Gasteiger partial charge is 0.240 e. The van der Waals surface area contributed by atoms with Crippen LogP contribution in [0.15, 0.2) is 36.5 Å². The molecule has 3 rings (SSSR count). The van der Waals surface area contributed by atoms with Gasteiger partial charge in [-0.3, -0.25) is 9.89 Å². The second-order valence-electron chi connectivity index (χ2n) is 5.19. The van der Waals surface area contributed by atoms with Crippen molar-refractivity contribution < 1.29 is 4.79 Å². The van der Waals surface area contributed by atoms with Crippen molar-refractivity contribution in [2.45, 2.75) is 24.5 Å². The Bertz CT molecular complexity index is 603. The molecule has 1 atom stereocenters. The molecule has 104 valence electrons. The van der Waals surface area contributed by atoms with Gasteiger partial charge in [0.05, 0.1) is 10.4 Å². The summed E-state index contributed by atoms with van der Waals surface area (Å²) in [6.45, 7) is 2.03. The predicted octanol–water partition coefficient (Wildman–Crippen LogP) is 3.30. The third-order valence-electron chi connectivity index (χ3n) is 3.63. The summed E-state index contributed by atoms with van der Waals surface area (Å²) in [6, 6.07) is 9.73. The molecule has 0 saturated carbocycles. The average molecular weight is 287 g/mol. The minimum absolute atomic E-state index is 0.0989. The first-order valence-corrected chi connectivity index (χ1v) is 7.71. The maximum atomic E-state index is 12.4. The Labute approximate surface area is 122 Å². The Kier molecular flexibility index (Phi) is 3.53. The van der Waals surface area contributed by atoms with Crippen LogP contribution in [0, 0.1) is 0 Å². The molecule has 0 radical (unpaired) electrons. The van der Waals surface area contributed by atoms with Crippen molar-refractivity contribution in [3.63, 3.8) is 0 Å². The molecule has 2 aromatic rings. The highest BCUT2D eigenvalue weighted by Gasteiger charge is 2.37. The van der Waals surface area contributed by atoms with Gasteiger partial charge in [0.1, 0.15) is 0 Å². The Morgan fingerprint density at radius 2 is 2.35 bits per heavy atom. The average Bonchev–Trinajstić information content (AvgIpc) is 3.11. The first-order valence-electron chi connectivity index (χ1n) is 6.73. The molecule has 2 N–H and O–H groups in total. The van der Waals surface area contributed by atoms with Gasteiger partial charge in [0, 0.05) is 17.4 Å². The summed E-state index contributed by atoms with van der Waals surface area (Å²) in [5.41, 5.74) is 2.79. The number of nitrogens with zero attached hydrogens (tertiary/aromatic N) is 1. The molecule has 1 aromatic heterocycles. The monoisotopic (exact) mass is 287 g/mol. The molecule has 1 fully saturated rings. The molecule has 0 spiro atoms. The van der Waals surface area contributed by atoms with Crippen molar-refractivity contribution in [3.8, 4) is 11.3 Å². The predicted molar refractivity (Wildman–Crippen MR) is 82.8 cm³/mol. The van der Waals surface area contributed by atoms with E-state index in [9.17, 15) is 4.79 Å². The molecule has 5 heteroatoms.